The Morgan fingerprint density at radius 2 is 1.60 bits per heavy atom. The molecule has 2 aliphatic rings. The first-order chi connectivity index (χ1) is 14.3. The van der Waals surface area contributed by atoms with Gasteiger partial charge in [-0.05, 0) is 49.2 Å². The number of carbonyl (C=O) groups is 1. The number of ether oxygens (including phenoxy) is 1. The van der Waals surface area contributed by atoms with Crippen molar-refractivity contribution in [1.82, 2.24) is 4.31 Å². The lowest BCUT2D eigenvalue weighted by molar-refractivity contribution is 0.135. The number of sulfonamides is 1. The monoisotopic (exact) mass is 431 g/mol. The maximum absolute atomic E-state index is 11.6. The largest absolute Gasteiger partial charge is 0.490 e. The van der Waals surface area contributed by atoms with Gasteiger partial charge in [0.25, 0.3) is 0 Å². The molecular formula is C21H25N3O5S. The number of nitrogens with zero attached hydrogens (tertiary/aromatic N) is 3. The Labute approximate surface area is 176 Å². The number of hydrogen-bond donors (Lipinski definition) is 1. The van der Waals surface area contributed by atoms with E-state index in [9.17, 15) is 18.3 Å². The van der Waals surface area contributed by atoms with Gasteiger partial charge in [0.2, 0.25) is 10.0 Å². The smallest absolute Gasteiger partial charge is 0.411 e. The van der Waals surface area contributed by atoms with Crippen LogP contribution in [0.4, 0.5) is 21.9 Å². The van der Waals surface area contributed by atoms with E-state index in [1.54, 1.807) is 0 Å². The lowest BCUT2D eigenvalue weighted by Crippen LogP contribution is -2.41. The van der Waals surface area contributed by atoms with Crippen LogP contribution in [-0.2, 0) is 10.0 Å². The second kappa shape index (κ2) is 8.16. The van der Waals surface area contributed by atoms with E-state index < -0.39 is 16.1 Å². The summed E-state index contributed by atoms with van der Waals surface area (Å²) in [5.74, 6) is 0.744. The Hall–Kier alpha value is -2.78. The van der Waals surface area contributed by atoms with Crippen LogP contribution in [0, 0.1) is 0 Å². The van der Waals surface area contributed by atoms with Gasteiger partial charge >= 0.3 is 6.09 Å². The van der Waals surface area contributed by atoms with E-state index in [1.165, 1.54) is 15.5 Å². The van der Waals surface area contributed by atoms with Crippen LogP contribution >= 0.6 is 0 Å². The van der Waals surface area contributed by atoms with Gasteiger partial charge in [0, 0.05) is 31.9 Å². The van der Waals surface area contributed by atoms with Crippen molar-refractivity contribution in [3.63, 3.8) is 0 Å². The second-order valence-corrected chi connectivity index (χ2v) is 9.53. The van der Waals surface area contributed by atoms with E-state index in [1.807, 2.05) is 48.5 Å². The van der Waals surface area contributed by atoms with E-state index >= 15 is 0 Å². The molecule has 0 aliphatic carbocycles. The molecule has 0 spiro atoms. The first-order valence-electron chi connectivity index (χ1n) is 9.92. The van der Waals surface area contributed by atoms with Crippen LogP contribution in [0.15, 0.2) is 48.5 Å². The third-order valence-electron chi connectivity index (χ3n) is 5.56. The van der Waals surface area contributed by atoms with Gasteiger partial charge in [0.15, 0.2) is 0 Å². The average Bonchev–Trinajstić information content (AvgIpc) is 2.73. The molecule has 1 N–H and O–H groups in total. The Kier molecular flexibility index (Phi) is 5.57. The van der Waals surface area contributed by atoms with Gasteiger partial charge in [-0.25, -0.2) is 17.5 Å². The molecule has 9 heteroatoms. The van der Waals surface area contributed by atoms with Crippen LogP contribution in [0.2, 0.25) is 0 Å². The van der Waals surface area contributed by atoms with Gasteiger partial charge in [0.1, 0.15) is 11.9 Å². The molecule has 2 heterocycles. The molecule has 0 saturated carbocycles. The van der Waals surface area contributed by atoms with E-state index in [-0.39, 0.29) is 6.10 Å². The van der Waals surface area contributed by atoms with Crippen LogP contribution in [0.1, 0.15) is 12.8 Å². The summed E-state index contributed by atoms with van der Waals surface area (Å²) >= 11 is 0. The van der Waals surface area contributed by atoms with Gasteiger partial charge in [-0.2, -0.15) is 0 Å². The fraction of sp³-hybridized carbons (Fsp3) is 0.381. The Morgan fingerprint density at radius 1 is 0.967 bits per heavy atom. The van der Waals surface area contributed by atoms with Crippen LogP contribution in [-0.4, -0.2) is 62.5 Å². The summed E-state index contributed by atoms with van der Waals surface area (Å²) in [5.41, 5.74) is 2.49. The zero-order chi connectivity index (χ0) is 21.3. The highest BCUT2D eigenvalue weighted by Gasteiger charge is 2.28. The molecule has 8 nitrogen and oxygen atoms in total. The Balaban J connectivity index is 1.44. The SMILES string of the molecule is CS(=O)(=O)N1CCC(Oc2ccc(N3CCN(C(=O)O)c4ccccc43)cc2)CC1. The molecule has 2 aromatic rings. The molecule has 2 aromatic carbocycles. The number of fused-ring (bicyclic) bond motifs is 1. The lowest BCUT2D eigenvalue weighted by Gasteiger charge is -2.36. The molecule has 160 valence electrons. The van der Waals surface area contributed by atoms with Crippen molar-refractivity contribution in [2.45, 2.75) is 18.9 Å². The molecule has 0 bridgehead atoms. The highest BCUT2D eigenvalue weighted by atomic mass is 32.2. The molecule has 1 saturated heterocycles. The van der Waals surface area contributed by atoms with E-state index in [0.717, 1.165) is 17.1 Å². The maximum atomic E-state index is 11.6. The van der Waals surface area contributed by atoms with Crippen LogP contribution in [0.3, 0.4) is 0 Å². The Bertz CT molecular complexity index is 1020. The van der Waals surface area contributed by atoms with Gasteiger partial charge in [-0.3, -0.25) is 4.90 Å². The summed E-state index contributed by atoms with van der Waals surface area (Å²) in [6, 6.07) is 15.2. The zero-order valence-corrected chi connectivity index (χ0v) is 17.6. The van der Waals surface area contributed by atoms with Gasteiger partial charge in [0.05, 0.1) is 17.6 Å². The van der Waals surface area contributed by atoms with Crippen molar-refractivity contribution in [3.8, 4) is 5.75 Å². The van der Waals surface area contributed by atoms with Gasteiger partial charge in [-0.15, -0.1) is 0 Å². The predicted octanol–water partition coefficient (Wildman–Crippen LogP) is 3.13. The van der Waals surface area contributed by atoms with E-state index in [2.05, 4.69) is 4.90 Å². The molecule has 0 unspecified atom stereocenters. The molecular weight excluding hydrogens is 406 g/mol. The fourth-order valence-corrected chi connectivity index (χ4v) is 4.88. The molecule has 4 rings (SSSR count). The van der Waals surface area contributed by atoms with Crippen LogP contribution < -0.4 is 14.5 Å². The van der Waals surface area contributed by atoms with E-state index in [4.69, 9.17) is 4.74 Å². The molecule has 30 heavy (non-hydrogen) atoms. The molecule has 2 aliphatic heterocycles. The number of rotatable bonds is 4. The van der Waals surface area contributed by atoms with Crippen molar-refractivity contribution in [3.05, 3.63) is 48.5 Å². The van der Waals surface area contributed by atoms with Crippen LogP contribution in [0.5, 0.6) is 5.75 Å². The summed E-state index contributed by atoms with van der Waals surface area (Å²) in [6.07, 6.45) is 1.61. The minimum absolute atomic E-state index is 0.00584. The van der Waals surface area contributed by atoms with Gasteiger partial charge < -0.3 is 14.7 Å². The molecule has 0 atom stereocenters. The van der Waals surface area contributed by atoms with Crippen molar-refractivity contribution >= 4 is 33.2 Å². The maximum Gasteiger partial charge on any atom is 0.411 e. The average molecular weight is 432 g/mol. The third kappa shape index (κ3) is 4.22. The number of piperidine rings is 1. The number of amides is 1. The normalized spacial score (nSPS) is 18.2. The number of benzene rings is 2. The summed E-state index contributed by atoms with van der Waals surface area (Å²) in [5, 5.41) is 9.45. The molecule has 1 fully saturated rings. The second-order valence-electron chi connectivity index (χ2n) is 7.55. The summed E-state index contributed by atoms with van der Waals surface area (Å²) in [6.45, 7) is 1.91. The molecule has 0 radical (unpaired) electrons. The van der Waals surface area contributed by atoms with Gasteiger partial charge in [-0.1, -0.05) is 12.1 Å². The first kappa shape index (κ1) is 20.5. The summed E-state index contributed by atoms with van der Waals surface area (Å²) < 4.78 is 30.8. The Morgan fingerprint density at radius 3 is 2.20 bits per heavy atom. The minimum atomic E-state index is -3.14. The standard InChI is InChI=1S/C21H25N3O5S/c1-30(27,28)22-12-10-18(11-13-22)29-17-8-6-16(7-9-17)23-14-15-24(21(25)26)20-5-3-2-4-19(20)23/h2-9,18H,10-15H2,1H3,(H,25,26). The highest BCUT2D eigenvalue weighted by molar-refractivity contribution is 7.88. The predicted molar refractivity (Wildman–Crippen MR) is 115 cm³/mol. The van der Waals surface area contributed by atoms with Crippen LogP contribution in [0.25, 0.3) is 0 Å². The topological polar surface area (TPSA) is 90.4 Å². The van der Waals surface area contributed by atoms with Crippen molar-refractivity contribution in [2.24, 2.45) is 0 Å². The number of hydrogen-bond acceptors (Lipinski definition) is 5. The molecule has 0 aromatic heterocycles. The van der Waals surface area contributed by atoms with Crippen molar-refractivity contribution in [1.29, 1.82) is 0 Å². The minimum Gasteiger partial charge on any atom is -0.490 e. The number of anilines is 3. The van der Waals surface area contributed by atoms with E-state index in [0.29, 0.717) is 44.7 Å². The highest BCUT2D eigenvalue weighted by Crippen LogP contribution is 2.38. The molecule has 1 amide bonds. The van der Waals surface area contributed by atoms with Crippen molar-refractivity contribution < 1.29 is 23.1 Å². The fourth-order valence-electron chi connectivity index (χ4n) is 4.01. The zero-order valence-electron chi connectivity index (χ0n) is 16.8. The summed E-state index contributed by atoms with van der Waals surface area (Å²) in [7, 11) is -3.14. The number of para-hydroxylation sites is 2. The summed E-state index contributed by atoms with van der Waals surface area (Å²) in [4.78, 5) is 15.0. The lowest BCUT2D eigenvalue weighted by atomic mass is 10.1. The van der Waals surface area contributed by atoms with Crippen molar-refractivity contribution in [2.75, 3.05) is 42.2 Å². The third-order valence-corrected chi connectivity index (χ3v) is 6.87. The first-order valence-corrected chi connectivity index (χ1v) is 11.8. The number of carboxylic acid groups (broad SMARTS) is 1. The quantitative estimate of drug-likeness (QED) is 0.800.